The molecule has 0 aliphatic heterocycles. The number of benzene rings is 1. The van der Waals surface area contributed by atoms with Crippen LogP contribution in [0.3, 0.4) is 0 Å². The van der Waals surface area contributed by atoms with E-state index < -0.39 is 0 Å². The van der Waals surface area contributed by atoms with Crippen LogP contribution in [-0.4, -0.2) is 0 Å². The summed E-state index contributed by atoms with van der Waals surface area (Å²) in [5.41, 5.74) is 2.71. The van der Waals surface area contributed by atoms with E-state index in [4.69, 9.17) is 11.6 Å². The fourth-order valence-corrected chi connectivity index (χ4v) is 3.46. The van der Waals surface area contributed by atoms with Crippen molar-refractivity contribution in [2.45, 2.75) is 46.2 Å². The van der Waals surface area contributed by atoms with E-state index in [1.807, 2.05) is 23.5 Å². The first-order valence-electron chi connectivity index (χ1n) is 7.15. The molecule has 1 heterocycles. The van der Waals surface area contributed by atoms with Crippen LogP contribution in [0.4, 0.5) is 0 Å². The summed E-state index contributed by atoms with van der Waals surface area (Å²) in [5, 5.41) is 4.48. The van der Waals surface area contributed by atoms with Gasteiger partial charge in [-0.2, -0.15) is 0 Å². The van der Waals surface area contributed by atoms with E-state index in [1.54, 1.807) is 0 Å². The van der Waals surface area contributed by atoms with Crippen LogP contribution in [0.5, 0.6) is 0 Å². The molecule has 1 unspecified atom stereocenters. The van der Waals surface area contributed by atoms with Crippen LogP contribution < -0.4 is 5.32 Å². The first kappa shape index (κ1) is 15.6. The van der Waals surface area contributed by atoms with Gasteiger partial charge < -0.3 is 5.32 Å². The minimum atomic E-state index is 0.403. The van der Waals surface area contributed by atoms with Crippen molar-refractivity contribution in [1.29, 1.82) is 0 Å². The van der Waals surface area contributed by atoms with E-state index in [-0.39, 0.29) is 0 Å². The predicted octanol–water partition coefficient (Wildman–Crippen LogP) is 5.65. The Hall–Kier alpha value is -0.830. The molecule has 3 heteroatoms. The lowest BCUT2D eigenvalue weighted by Crippen LogP contribution is -2.20. The summed E-state index contributed by atoms with van der Waals surface area (Å²) in [4.78, 5) is 2.83. The standard InChI is InChI=1S/C17H22ClNS/c1-4-5-17(14-6-8-15(18)9-7-14)19-11-16-10-12(2)13(3)20-16/h6-10,17,19H,4-5,11H2,1-3H3. The van der Waals surface area contributed by atoms with Gasteiger partial charge in [0.15, 0.2) is 0 Å². The van der Waals surface area contributed by atoms with Gasteiger partial charge in [0.05, 0.1) is 0 Å². The second-order valence-electron chi connectivity index (χ2n) is 5.23. The van der Waals surface area contributed by atoms with Gasteiger partial charge in [-0.15, -0.1) is 11.3 Å². The van der Waals surface area contributed by atoms with Crippen molar-refractivity contribution in [3.63, 3.8) is 0 Å². The molecule has 0 bridgehead atoms. The summed E-state index contributed by atoms with van der Waals surface area (Å²) < 4.78 is 0. The molecule has 1 aromatic carbocycles. The van der Waals surface area contributed by atoms with Gasteiger partial charge in [-0.1, -0.05) is 37.1 Å². The highest BCUT2D eigenvalue weighted by atomic mass is 35.5. The molecular formula is C17H22ClNS. The third kappa shape index (κ3) is 4.08. The fourth-order valence-electron chi connectivity index (χ4n) is 2.33. The molecule has 1 N–H and O–H groups in total. The number of nitrogens with one attached hydrogen (secondary N) is 1. The zero-order valence-electron chi connectivity index (χ0n) is 12.4. The third-order valence-corrected chi connectivity index (χ3v) is 4.99. The Labute approximate surface area is 131 Å². The lowest BCUT2D eigenvalue weighted by atomic mass is 10.0. The Morgan fingerprint density at radius 3 is 2.45 bits per heavy atom. The molecule has 0 saturated heterocycles. The van der Waals surface area contributed by atoms with Crippen molar-refractivity contribution in [3.05, 3.63) is 56.2 Å². The van der Waals surface area contributed by atoms with E-state index in [2.05, 4.69) is 44.3 Å². The quantitative estimate of drug-likeness (QED) is 0.727. The van der Waals surface area contributed by atoms with Crippen molar-refractivity contribution in [1.82, 2.24) is 5.32 Å². The molecule has 0 amide bonds. The highest BCUT2D eigenvalue weighted by Gasteiger charge is 2.11. The molecule has 0 saturated carbocycles. The SMILES string of the molecule is CCCC(NCc1cc(C)c(C)s1)c1ccc(Cl)cc1. The summed E-state index contributed by atoms with van der Waals surface area (Å²) in [6, 6.07) is 10.9. The number of rotatable bonds is 6. The third-order valence-electron chi connectivity index (χ3n) is 3.59. The molecule has 2 aromatic rings. The Balaban J connectivity index is 2.03. The molecular weight excluding hydrogens is 286 g/mol. The summed E-state index contributed by atoms with van der Waals surface area (Å²) >= 11 is 7.86. The summed E-state index contributed by atoms with van der Waals surface area (Å²) in [6.07, 6.45) is 2.31. The maximum absolute atomic E-state index is 5.97. The fraction of sp³-hybridized carbons (Fsp3) is 0.412. The molecule has 0 aliphatic carbocycles. The molecule has 1 nitrogen and oxygen atoms in total. The zero-order chi connectivity index (χ0) is 14.5. The summed E-state index contributed by atoms with van der Waals surface area (Å²) in [6.45, 7) is 7.53. The molecule has 0 spiro atoms. The van der Waals surface area contributed by atoms with Crippen molar-refractivity contribution >= 4 is 22.9 Å². The molecule has 0 aliphatic rings. The van der Waals surface area contributed by atoms with Gasteiger partial charge in [-0.25, -0.2) is 0 Å². The summed E-state index contributed by atoms with van der Waals surface area (Å²) in [5.74, 6) is 0. The maximum atomic E-state index is 5.97. The normalized spacial score (nSPS) is 12.6. The number of hydrogen-bond donors (Lipinski definition) is 1. The first-order chi connectivity index (χ1) is 9.60. The molecule has 0 fully saturated rings. The van der Waals surface area contributed by atoms with Crippen molar-refractivity contribution in [3.8, 4) is 0 Å². The smallest absolute Gasteiger partial charge is 0.0406 e. The number of halogens is 1. The lowest BCUT2D eigenvalue weighted by molar-refractivity contribution is 0.496. The predicted molar refractivity (Wildman–Crippen MR) is 89.7 cm³/mol. The molecule has 20 heavy (non-hydrogen) atoms. The molecule has 0 radical (unpaired) electrons. The van der Waals surface area contributed by atoms with Crippen LogP contribution >= 0.6 is 22.9 Å². The lowest BCUT2D eigenvalue weighted by Gasteiger charge is -2.18. The Kier molecular flexibility index (Phi) is 5.64. The second-order valence-corrected chi connectivity index (χ2v) is 7.00. The Morgan fingerprint density at radius 1 is 1.20 bits per heavy atom. The van der Waals surface area contributed by atoms with Crippen molar-refractivity contribution < 1.29 is 0 Å². The monoisotopic (exact) mass is 307 g/mol. The number of thiophene rings is 1. The average Bonchev–Trinajstić information content (AvgIpc) is 2.75. The number of aryl methyl sites for hydroxylation is 2. The topological polar surface area (TPSA) is 12.0 Å². The maximum Gasteiger partial charge on any atom is 0.0406 e. The molecule has 2 rings (SSSR count). The van der Waals surface area contributed by atoms with E-state index in [9.17, 15) is 0 Å². The van der Waals surface area contributed by atoms with Crippen LogP contribution in [0.1, 0.15) is 46.7 Å². The second kappa shape index (κ2) is 7.26. The van der Waals surface area contributed by atoms with Gasteiger partial charge in [-0.05, 0) is 49.6 Å². The van der Waals surface area contributed by atoms with Crippen molar-refractivity contribution in [2.24, 2.45) is 0 Å². The highest BCUT2D eigenvalue weighted by Crippen LogP contribution is 2.24. The van der Waals surface area contributed by atoms with Gasteiger partial charge in [0.1, 0.15) is 0 Å². The van der Waals surface area contributed by atoms with Gasteiger partial charge in [0.25, 0.3) is 0 Å². The zero-order valence-corrected chi connectivity index (χ0v) is 13.9. The van der Waals surface area contributed by atoms with Crippen LogP contribution in [0.25, 0.3) is 0 Å². The molecule has 1 aromatic heterocycles. The first-order valence-corrected chi connectivity index (χ1v) is 8.34. The van der Waals surface area contributed by atoms with Crippen LogP contribution in [0.15, 0.2) is 30.3 Å². The number of hydrogen-bond acceptors (Lipinski definition) is 2. The van der Waals surface area contributed by atoms with Crippen LogP contribution in [-0.2, 0) is 6.54 Å². The van der Waals surface area contributed by atoms with E-state index >= 15 is 0 Å². The molecule has 1 atom stereocenters. The average molecular weight is 308 g/mol. The van der Waals surface area contributed by atoms with Crippen LogP contribution in [0.2, 0.25) is 5.02 Å². The van der Waals surface area contributed by atoms with E-state index in [0.29, 0.717) is 6.04 Å². The minimum Gasteiger partial charge on any atom is -0.305 e. The Morgan fingerprint density at radius 2 is 1.90 bits per heavy atom. The van der Waals surface area contributed by atoms with Gasteiger partial charge in [0, 0.05) is 27.4 Å². The minimum absolute atomic E-state index is 0.403. The van der Waals surface area contributed by atoms with Gasteiger partial charge in [-0.3, -0.25) is 0 Å². The van der Waals surface area contributed by atoms with E-state index in [0.717, 1.165) is 18.0 Å². The molecule has 108 valence electrons. The summed E-state index contributed by atoms with van der Waals surface area (Å²) in [7, 11) is 0. The largest absolute Gasteiger partial charge is 0.305 e. The van der Waals surface area contributed by atoms with Crippen LogP contribution in [0, 0.1) is 13.8 Å². The van der Waals surface area contributed by atoms with Crippen molar-refractivity contribution in [2.75, 3.05) is 0 Å². The van der Waals surface area contributed by atoms with Gasteiger partial charge >= 0.3 is 0 Å². The van der Waals surface area contributed by atoms with E-state index in [1.165, 1.54) is 27.3 Å². The van der Waals surface area contributed by atoms with Gasteiger partial charge in [0.2, 0.25) is 0 Å². The highest BCUT2D eigenvalue weighted by molar-refractivity contribution is 7.12. The Bertz CT molecular complexity index is 525.